The molecule has 10 atom stereocenters. The molecule has 0 amide bonds. The number of carbonyl (C=O) groups is 2. The molecule has 0 radical (unpaired) electrons. The standard InChI is InChI=1S/C37H56F2N2O4/c1-23(2)30-17-26-19-34(22-42)29-10-9-24(3)28(29)20-36(26,37(30,34)33(43)44)32-18-27(25-7-5-4-6-8-25)31(45-32)21-40-13-16-41-14-11-35(38,39)12-15-41/h17,22-29,31-32,40H,4-16,18-21H2,1-3H3,(H,43,44)/t24-,26?,27+,28-,29-,31+,32-,34?,36?,37+/m1/s1. The Balaban J connectivity index is 1.18. The van der Waals surface area contributed by atoms with Crippen LogP contribution in [0.2, 0.25) is 0 Å². The number of allylic oxidation sites excluding steroid dienone is 1. The van der Waals surface area contributed by atoms with Gasteiger partial charge in [0, 0.05) is 51.0 Å². The predicted molar refractivity (Wildman–Crippen MR) is 169 cm³/mol. The number of fused-ring (bicyclic) bond motifs is 2. The molecular formula is C37H56F2N2O4. The summed E-state index contributed by atoms with van der Waals surface area (Å²) in [6.45, 7) is 9.61. The molecule has 4 bridgehead atoms. The molecule has 0 aromatic rings. The second-order valence-electron chi connectivity index (χ2n) is 16.7. The number of hydrogen-bond donors (Lipinski definition) is 2. The molecule has 7 aliphatic rings. The van der Waals surface area contributed by atoms with E-state index in [1.54, 1.807) is 0 Å². The fraction of sp³-hybridized carbons (Fsp3) is 0.892. The van der Waals surface area contributed by atoms with E-state index in [0.717, 1.165) is 50.6 Å². The number of hydrogen-bond acceptors (Lipinski definition) is 5. The average molecular weight is 631 g/mol. The lowest BCUT2D eigenvalue weighted by Crippen LogP contribution is -2.65. The van der Waals surface area contributed by atoms with Crippen molar-refractivity contribution in [2.75, 3.05) is 32.7 Å². The monoisotopic (exact) mass is 630 g/mol. The second kappa shape index (κ2) is 11.6. The summed E-state index contributed by atoms with van der Waals surface area (Å²) in [5, 5.41) is 15.2. The summed E-state index contributed by atoms with van der Waals surface area (Å²) < 4.78 is 34.6. The first-order valence-electron chi connectivity index (χ1n) is 18.4. The molecule has 6 fully saturated rings. The van der Waals surface area contributed by atoms with Gasteiger partial charge in [-0.15, -0.1) is 0 Å². The summed E-state index contributed by atoms with van der Waals surface area (Å²) in [7, 11) is 0. The molecule has 0 aromatic heterocycles. The van der Waals surface area contributed by atoms with Crippen molar-refractivity contribution >= 4 is 12.3 Å². The van der Waals surface area contributed by atoms with Gasteiger partial charge in [0.05, 0.1) is 17.6 Å². The molecule has 45 heavy (non-hydrogen) atoms. The number of nitrogens with one attached hydrogen (secondary N) is 1. The zero-order chi connectivity index (χ0) is 31.8. The lowest BCUT2D eigenvalue weighted by molar-refractivity contribution is -0.197. The molecule has 2 heterocycles. The molecule has 0 aromatic carbocycles. The van der Waals surface area contributed by atoms with Crippen LogP contribution in [0.1, 0.15) is 97.8 Å². The summed E-state index contributed by atoms with van der Waals surface area (Å²) in [6.07, 6.45) is 13.7. The van der Waals surface area contributed by atoms with Crippen molar-refractivity contribution in [1.82, 2.24) is 10.2 Å². The molecule has 2 aliphatic heterocycles. The molecule has 4 saturated carbocycles. The van der Waals surface area contributed by atoms with Gasteiger partial charge >= 0.3 is 5.97 Å². The van der Waals surface area contributed by atoms with Crippen molar-refractivity contribution in [2.45, 2.75) is 116 Å². The number of nitrogens with zero attached hydrogens (tertiary/aromatic N) is 1. The van der Waals surface area contributed by atoms with Crippen LogP contribution in [-0.4, -0.2) is 73.1 Å². The minimum absolute atomic E-state index is 0.00383. The van der Waals surface area contributed by atoms with E-state index in [2.05, 4.69) is 37.1 Å². The molecule has 252 valence electrons. The van der Waals surface area contributed by atoms with Gasteiger partial charge in [0.1, 0.15) is 11.7 Å². The van der Waals surface area contributed by atoms with Crippen LogP contribution >= 0.6 is 0 Å². The number of likely N-dealkylation sites (tertiary alicyclic amines) is 1. The van der Waals surface area contributed by atoms with Gasteiger partial charge in [-0.05, 0) is 67.1 Å². The third-order valence-corrected chi connectivity index (χ3v) is 14.7. The van der Waals surface area contributed by atoms with Gasteiger partial charge in [-0.25, -0.2) is 8.78 Å². The quantitative estimate of drug-likeness (QED) is 0.161. The fourth-order valence-corrected chi connectivity index (χ4v) is 12.8. The van der Waals surface area contributed by atoms with Gasteiger partial charge in [0.2, 0.25) is 0 Å². The normalized spacial score (nSPS) is 46.0. The zero-order valence-electron chi connectivity index (χ0n) is 27.7. The van der Waals surface area contributed by atoms with Crippen molar-refractivity contribution in [3.63, 3.8) is 0 Å². The minimum atomic E-state index is -2.53. The highest BCUT2D eigenvalue weighted by Gasteiger charge is 2.86. The van der Waals surface area contributed by atoms with Crippen molar-refractivity contribution in [3.05, 3.63) is 11.6 Å². The minimum Gasteiger partial charge on any atom is -0.481 e. The van der Waals surface area contributed by atoms with E-state index in [1.165, 1.54) is 32.1 Å². The number of rotatable bonds is 10. The number of carboxylic acid groups (broad SMARTS) is 1. The van der Waals surface area contributed by atoms with Crippen molar-refractivity contribution in [2.24, 2.45) is 57.7 Å². The molecule has 5 aliphatic carbocycles. The number of ether oxygens (including phenoxy) is 1. The van der Waals surface area contributed by atoms with E-state index in [-0.39, 0.29) is 42.8 Å². The Bertz CT molecular complexity index is 1180. The first-order valence-corrected chi connectivity index (χ1v) is 18.4. The van der Waals surface area contributed by atoms with Crippen LogP contribution in [0.5, 0.6) is 0 Å². The predicted octanol–water partition coefficient (Wildman–Crippen LogP) is 6.59. The van der Waals surface area contributed by atoms with Gasteiger partial charge in [-0.3, -0.25) is 4.79 Å². The molecule has 2 saturated heterocycles. The van der Waals surface area contributed by atoms with E-state index in [9.17, 15) is 23.5 Å². The number of aldehydes is 1. The Kier molecular flexibility index (Phi) is 8.33. The highest BCUT2D eigenvalue weighted by Crippen LogP contribution is 2.84. The van der Waals surface area contributed by atoms with E-state index < -0.39 is 28.1 Å². The molecular weight excluding hydrogens is 574 g/mol. The van der Waals surface area contributed by atoms with Gasteiger partial charge in [-0.2, -0.15) is 0 Å². The molecule has 0 spiro atoms. The van der Waals surface area contributed by atoms with Crippen LogP contribution in [0.15, 0.2) is 11.6 Å². The Morgan fingerprint density at radius 2 is 1.84 bits per heavy atom. The number of carboxylic acids is 1. The van der Waals surface area contributed by atoms with Gasteiger partial charge in [0.25, 0.3) is 5.92 Å². The summed E-state index contributed by atoms with van der Waals surface area (Å²) in [6, 6.07) is 0. The maximum absolute atomic E-state index is 14.1. The summed E-state index contributed by atoms with van der Waals surface area (Å²) in [4.78, 5) is 29.7. The van der Waals surface area contributed by atoms with E-state index in [1.807, 2.05) is 0 Å². The Morgan fingerprint density at radius 1 is 1.11 bits per heavy atom. The smallest absolute Gasteiger partial charge is 0.315 e. The van der Waals surface area contributed by atoms with Crippen molar-refractivity contribution in [1.29, 1.82) is 0 Å². The lowest BCUT2D eigenvalue weighted by Gasteiger charge is -2.60. The van der Waals surface area contributed by atoms with E-state index >= 15 is 0 Å². The van der Waals surface area contributed by atoms with E-state index in [4.69, 9.17) is 4.74 Å². The summed E-state index contributed by atoms with van der Waals surface area (Å²) in [5.74, 6) is -1.30. The van der Waals surface area contributed by atoms with Crippen molar-refractivity contribution in [3.8, 4) is 0 Å². The Hall–Kier alpha value is -1.38. The van der Waals surface area contributed by atoms with Gasteiger partial charge in [-0.1, -0.05) is 70.9 Å². The molecule has 6 nitrogen and oxygen atoms in total. The number of piperidine rings is 1. The third-order valence-electron chi connectivity index (χ3n) is 14.7. The molecule has 3 unspecified atom stereocenters. The Labute approximate surface area is 268 Å². The molecule has 2 N–H and O–H groups in total. The number of alkyl halides is 2. The first-order chi connectivity index (χ1) is 21.5. The first kappa shape index (κ1) is 32.2. The topological polar surface area (TPSA) is 78.9 Å². The summed E-state index contributed by atoms with van der Waals surface area (Å²) in [5.41, 5.74) is -1.68. The number of aliphatic carboxylic acids is 1. The van der Waals surface area contributed by atoms with Crippen LogP contribution in [0, 0.1) is 57.7 Å². The second-order valence-corrected chi connectivity index (χ2v) is 16.7. The largest absolute Gasteiger partial charge is 0.481 e. The molecule has 7 rings (SSSR count). The third kappa shape index (κ3) is 4.60. The van der Waals surface area contributed by atoms with Crippen LogP contribution in [0.25, 0.3) is 0 Å². The van der Waals surface area contributed by atoms with Crippen LogP contribution in [0.3, 0.4) is 0 Å². The molecule has 8 heteroatoms. The van der Waals surface area contributed by atoms with Gasteiger partial charge in [0.15, 0.2) is 0 Å². The highest BCUT2D eigenvalue weighted by atomic mass is 19.3. The lowest BCUT2D eigenvalue weighted by atomic mass is 9.41. The summed E-state index contributed by atoms with van der Waals surface area (Å²) >= 11 is 0. The van der Waals surface area contributed by atoms with Crippen LogP contribution < -0.4 is 5.32 Å². The van der Waals surface area contributed by atoms with Gasteiger partial charge < -0.3 is 24.9 Å². The Morgan fingerprint density at radius 3 is 2.51 bits per heavy atom. The fourth-order valence-electron chi connectivity index (χ4n) is 12.8. The van der Waals surface area contributed by atoms with Crippen LogP contribution in [-0.2, 0) is 14.3 Å². The maximum Gasteiger partial charge on any atom is 0.315 e. The van der Waals surface area contributed by atoms with E-state index in [0.29, 0.717) is 49.7 Å². The maximum atomic E-state index is 14.1. The number of carbonyl (C=O) groups excluding carboxylic acids is 1. The number of halogens is 2. The van der Waals surface area contributed by atoms with Crippen LogP contribution in [0.4, 0.5) is 8.78 Å². The highest BCUT2D eigenvalue weighted by molar-refractivity contribution is 5.90. The van der Waals surface area contributed by atoms with Crippen molar-refractivity contribution < 1.29 is 28.2 Å². The zero-order valence-corrected chi connectivity index (χ0v) is 27.7. The SMILES string of the molecule is CC(C)C1=CC2CC3(C=O)[C@@H]4CC[C@@H](C)[C@H]4CC2([C@H]2C[C@@H](C4CCCCC4)[C@H](CNCCN4CCC(F)(F)CC4)O2)[C@]13C(=O)O. The average Bonchev–Trinajstić information content (AvgIpc) is 3.74.